The van der Waals surface area contributed by atoms with Gasteiger partial charge in [-0.1, -0.05) is 15.9 Å². The molecule has 1 amide bonds. The Balaban J connectivity index is 2.25. The number of hydrogen-bond acceptors (Lipinski definition) is 3. The van der Waals surface area contributed by atoms with Gasteiger partial charge in [-0.15, -0.1) is 0 Å². The molecular formula is C12H22BrNO2S. The quantitative estimate of drug-likeness (QED) is 0.731. The van der Waals surface area contributed by atoms with Gasteiger partial charge in [-0.2, -0.15) is 11.8 Å². The van der Waals surface area contributed by atoms with Gasteiger partial charge in [0.25, 0.3) is 0 Å². The number of amides is 1. The zero-order chi connectivity index (χ0) is 12.5. The van der Waals surface area contributed by atoms with Crippen molar-refractivity contribution in [3.05, 3.63) is 0 Å². The molecule has 5 heteroatoms. The van der Waals surface area contributed by atoms with Crippen LogP contribution in [0.4, 0.5) is 0 Å². The van der Waals surface area contributed by atoms with Crippen molar-refractivity contribution in [2.24, 2.45) is 5.92 Å². The molecule has 17 heavy (non-hydrogen) atoms. The van der Waals surface area contributed by atoms with E-state index in [-0.39, 0.29) is 11.9 Å². The summed E-state index contributed by atoms with van der Waals surface area (Å²) in [6.45, 7) is 0.595. The monoisotopic (exact) mass is 323 g/mol. The van der Waals surface area contributed by atoms with Crippen LogP contribution in [0, 0.1) is 5.92 Å². The third kappa shape index (κ3) is 6.67. The summed E-state index contributed by atoms with van der Waals surface area (Å²) in [5.41, 5.74) is 0. The third-order valence-corrected chi connectivity index (χ3v) is 4.51. The molecule has 1 atom stereocenters. The molecule has 100 valence electrons. The van der Waals surface area contributed by atoms with Gasteiger partial charge in [0.15, 0.2) is 0 Å². The highest BCUT2D eigenvalue weighted by atomic mass is 79.9. The molecule has 1 saturated heterocycles. The second-order valence-corrected chi connectivity index (χ2v) is 6.48. The second-order valence-electron chi connectivity index (χ2n) is 4.46. The molecule has 1 heterocycles. The summed E-state index contributed by atoms with van der Waals surface area (Å²) in [6.07, 6.45) is 3.97. The molecule has 0 aliphatic carbocycles. The van der Waals surface area contributed by atoms with Crippen LogP contribution < -0.4 is 5.32 Å². The van der Waals surface area contributed by atoms with Crippen LogP contribution in [0.1, 0.15) is 25.7 Å². The number of alkyl halides is 1. The number of carbonyl (C=O) groups excluding carboxylic acids is 1. The smallest absolute Gasteiger partial charge is 0.220 e. The van der Waals surface area contributed by atoms with Crippen molar-refractivity contribution in [3.63, 3.8) is 0 Å². The van der Waals surface area contributed by atoms with E-state index in [0.29, 0.717) is 18.9 Å². The molecule has 1 aliphatic heterocycles. The first-order valence-corrected chi connectivity index (χ1v) is 8.46. The van der Waals surface area contributed by atoms with Gasteiger partial charge >= 0.3 is 0 Å². The van der Waals surface area contributed by atoms with Crippen LogP contribution in [0.5, 0.6) is 0 Å². The Morgan fingerprint density at radius 1 is 1.53 bits per heavy atom. The SMILES string of the molecule is COCC(CCBr)NC(=O)CC1CCSCC1. The van der Waals surface area contributed by atoms with E-state index >= 15 is 0 Å². The van der Waals surface area contributed by atoms with E-state index in [0.717, 1.165) is 11.8 Å². The second kappa shape index (κ2) is 9.22. The number of nitrogens with one attached hydrogen (secondary N) is 1. The Labute approximate surface area is 117 Å². The van der Waals surface area contributed by atoms with E-state index in [1.807, 2.05) is 11.8 Å². The molecule has 1 rings (SSSR count). The molecule has 0 bridgehead atoms. The normalized spacial score (nSPS) is 18.9. The Bertz CT molecular complexity index is 217. The number of thioether (sulfide) groups is 1. The van der Waals surface area contributed by atoms with Gasteiger partial charge < -0.3 is 10.1 Å². The first-order chi connectivity index (χ1) is 8.26. The minimum Gasteiger partial charge on any atom is -0.383 e. The van der Waals surface area contributed by atoms with Crippen molar-refractivity contribution in [1.29, 1.82) is 0 Å². The van der Waals surface area contributed by atoms with Crippen molar-refractivity contribution in [2.45, 2.75) is 31.7 Å². The predicted molar refractivity (Wildman–Crippen MR) is 76.9 cm³/mol. The van der Waals surface area contributed by atoms with Crippen molar-refractivity contribution in [1.82, 2.24) is 5.32 Å². The maximum absolute atomic E-state index is 11.9. The van der Waals surface area contributed by atoms with Gasteiger partial charge in [0.05, 0.1) is 12.6 Å². The number of halogens is 1. The summed E-state index contributed by atoms with van der Waals surface area (Å²) in [6, 6.07) is 0.143. The summed E-state index contributed by atoms with van der Waals surface area (Å²) in [4.78, 5) is 11.9. The first-order valence-electron chi connectivity index (χ1n) is 6.18. The first kappa shape index (κ1) is 15.3. The fourth-order valence-corrected chi connectivity index (χ4v) is 3.79. The zero-order valence-electron chi connectivity index (χ0n) is 10.4. The average molecular weight is 324 g/mol. The fraction of sp³-hybridized carbons (Fsp3) is 0.917. The molecule has 0 radical (unpaired) electrons. The molecule has 0 spiro atoms. The lowest BCUT2D eigenvalue weighted by atomic mass is 9.98. The van der Waals surface area contributed by atoms with Gasteiger partial charge in [-0.25, -0.2) is 0 Å². The van der Waals surface area contributed by atoms with Crippen LogP contribution in [0.15, 0.2) is 0 Å². The Kier molecular flexibility index (Phi) is 8.31. The van der Waals surface area contributed by atoms with Crippen molar-refractivity contribution < 1.29 is 9.53 Å². The maximum Gasteiger partial charge on any atom is 0.220 e. The Hall–Kier alpha value is 0.260. The van der Waals surface area contributed by atoms with Gasteiger partial charge in [0.2, 0.25) is 5.91 Å². The largest absolute Gasteiger partial charge is 0.383 e. The number of rotatable bonds is 7. The van der Waals surface area contributed by atoms with Gasteiger partial charge in [0.1, 0.15) is 0 Å². The van der Waals surface area contributed by atoms with E-state index in [9.17, 15) is 4.79 Å². The topological polar surface area (TPSA) is 38.3 Å². The van der Waals surface area contributed by atoms with Crippen molar-refractivity contribution in [3.8, 4) is 0 Å². The minimum absolute atomic E-state index is 0.143. The molecule has 3 nitrogen and oxygen atoms in total. The lowest BCUT2D eigenvalue weighted by Gasteiger charge is -2.22. The standard InChI is InChI=1S/C12H22BrNO2S/c1-16-9-11(2-5-13)14-12(15)8-10-3-6-17-7-4-10/h10-11H,2-9H2,1H3,(H,14,15). The number of hydrogen-bond donors (Lipinski definition) is 1. The molecule has 1 fully saturated rings. The van der Waals surface area contributed by atoms with Gasteiger partial charge in [-0.05, 0) is 36.7 Å². The van der Waals surface area contributed by atoms with E-state index < -0.39 is 0 Å². The summed E-state index contributed by atoms with van der Waals surface area (Å²) in [5.74, 6) is 3.19. The molecular weight excluding hydrogens is 302 g/mol. The Morgan fingerprint density at radius 3 is 2.82 bits per heavy atom. The van der Waals surface area contributed by atoms with Crippen LogP contribution in [0.3, 0.4) is 0 Å². The molecule has 0 aromatic heterocycles. The molecule has 1 aliphatic rings. The average Bonchev–Trinajstić information content (AvgIpc) is 2.30. The van der Waals surface area contributed by atoms with Gasteiger partial charge in [0, 0.05) is 18.9 Å². The lowest BCUT2D eigenvalue weighted by Crippen LogP contribution is -2.39. The van der Waals surface area contributed by atoms with E-state index in [4.69, 9.17) is 4.74 Å². The van der Waals surface area contributed by atoms with E-state index in [2.05, 4.69) is 21.2 Å². The summed E-state index contributed by atoms with van der Waals surface area (Å²) in [5, 5.41) is 3.96. The van der Waals surface area contributed by atoms with E-state index in [1.54, 1.807) is 7.11 Å². The molecule has 0 aromatic rings. The minimum atomic E-state index is 0.143. The number of methoxy groups -OCH3 is 1. The van der Waals surface area contributed by atoms with Gasteiger partial charge in [-0.3, -0.25) is 4.79 Å². The highest BCUT2D eigenvalue weighted by Gasteiger charge is 2.19. The lowest BCUT2D eigenvalue weighted by molar-refractivity contribution is -0.123. The number of ether oxygens (including phenoxy) is 1. The maximum atomic E-state index is 11.9. The van der Waals surface area contributed by atoms with Crippen molar-refractivity contribution >= 4 is 33.6 Å². The molecule has 0 saturated carbocycles. The predicted octanol–water partition coefficient (Wildman–Crippen LogP) is 2.44. The zero-order valence-corrected chi connectivity index (χ0v) is 12.8. The van der Waals surface area contributed by atoms with Crippen molar-refractivity contribution in [2.75, 3.05) is 30.6 Å². The van der Waals surface area contributed by atoms with Crippen LogP contribution in [-0.4, -0.2) is 42.5 Å². The van der Waals surface area contributed by atoms with Crippen LogP contribution in [0.25, 0.3) is 0 Å². The highest BCUT2D eigenvalue weighted by Crippen LogP contribution is 2.25. The summed E-state index contributed by atoms with van der Waals surface area (Å²) < 4.78 is 5.11. The summed E-state index contributed by atoms with van der Waals surface area (Å²) in [7, 11) is 1.67. The van der Waals surface area contributed by atoms with Crippen LogP contribution >= 0.6 is 27.7 Å². The third-order valence-electron chi connectivity index (χ3n) is 3.01. The molecule has 1 N–H and O–H groups in total. The molecule has 1 unspecified atom stereocenters. The summed E-state index contributed by atoms with van der Waals surface area (Å²) >= 11 is 5.40. The van der Waals surface area contributed by atoms with E-state index in [1.165, 1.54) is 24.3 Å². The Morgan fingerprint density at radius 2 is 2.24 bits per heavy atom. The fourth-order valence-electron chi connectivity index (χ4n) is 2.03. The van der Waals surface area contributed by atoms with Crippen LogP contribution in [-0.2, 0) is 9.53 Å². The molecule has 0 aromatic carbocycles. The number of carbonyl (C=O) groups is 1. The highest BCUT2D eigenvalue weighted by molar-refractivity contribution is 9.09. The van der Waals surface area contributed by atoms with Crippen LogP contribution in [0.2, 0.25) is 0 Å².